The second kappa shape index (κ2) is 10.7. The van der Waals surface area contributed by atoms with Crippen molar-refractivity contribution in [3.8, 4) is 44.5 Å². The fourth-order valence-electron chi connectivity index (χ4n) is 10.2. The highest BCUT2D eigenvalue weighted by molar-refractivity contribution is 6.04. The third kappa shape index (κ3) is 4.00. The molecule has 3 aliphatic carbocycles. The number of anilines is 3. The Morgan fingerprint density at radius 2 is 0.788 bits per heavy atom. The summed E-state index contributed by atoms with van der Waals surface area (Å²) in [7, 11) is 0. The lowest BCUT2D eigenvalue weighted by Crippen LogP contribution is -2.26. The topological polar surface area (TPSA) is 3.24 Å². The number of para-hydroxylation sites is 1. The standard InChI is InChI=1S/C51H43N/c1-49(2)41-27-16-12-24-36(41)45-42(49)28-18-30-44(45)52(43-29-17-13-21-33(43)32-19-8-7-9-20-32)48-46-37(34-22-10-14-25-39(34)50(46,3)4)31-38-35-23-11-15-26-40(35)51(5,6)47(38)48/h7-31H,1-6H3. The molecule has 0 saturated heterocycles. The van der Waals surface area contributed by atoms with Crippen LogP contribution in [-0.4, -0.2) is 0 Å². The van der Waals surface area contributed by atoms with Crippen LogP contribution in [-0.2, 0) is 16.2 Å². The van der Waals surface area contributed by atoms with Crippen LogP contribution in [0.5, 0.6) is 0 Å². The van der Waals surface area contributed by atoms with Crippen molar-refractivity contribution >= 4 is 17.1 Å². The lowest BCUT2D eigenvalue weighted by atomic mass is 9.75. The summed E-state index contributed by atoms with van der Waals surface area (Å²) in [5.41, 5.74) is 22.0. The van der Waals surface area contributed by atoms with Crippen molar-refractivity contribution < 1.29 is 0 Å². The average Bonchev–Trinajstić information content (AvgIpc) is 3.65. The van der Waals surface area contributed by atoms with Gasteiger partial charge in [-0.05, 0) is 85.0 Å². The Hall–Kier alpha value is -5.66. The molecule has 0 atom stereocenters. The highest BCUT2D eigenvalue weighted by Gasteiger charge is 2.48. The first-order valence-electron chi connectivity index (χ1n) is 18.7. The maximum absolute atomic E-state index is 2.69. The largest absolute Gasteiger partial charge is 0.309 e. The molecule has 0 aromatic heterocycles. The number of fused-ring (bicyclic) bond motifs is 9. The quantitative estimate of drug-likeness (QED) is 0.180. The Morgan fingerprint density at radius 3 is 1.38 bits per heavy atom. The molecule has 0 spiro atoms. The van der Waals surface area contributed by atoms with Gasteiger partial charge in [0, 0.05) is 27.4 Å². The van der Waals surface area contributed by atoms with E-state index in [4.69, 9.17) is 0 Å². The molecule has 1 heteroatoms. The van der Waals surface area contributed by atoms with E-state index in [2.05, 4.69) is 198 Å². The number of hydrogen-bond acceptors (Lipinski definition) is 1. The molecule has 0 heterocycles. The van der Waals surface area contributed by atoms with Crippen LogP contribution >= 0.6 is 0 Å². The lowest BCUT2D eigenvalue weighted by Gasteiger charge is -2.39. The molecule has 3 aliphatic rings. The van der Waals surface area contributed by atoms with Gasteiger partial charge in [-0.25, -0.2) is 0 Å². The van der Waals surface area contributed by atoms with Crippen molar-refractivity contribution in [1.82, 2.24) is 0 Å². The smallest absolute Gasteiger partial charge is 0.0556 e. The van der Waals surface area contributed by atoms with Crippen LogP contribution in [0.3, 0.4) is 0 Å². The zero-order valence-electron chi connectivity index (χ0n) is 30.9. The van der Waals surface area contributed by atoms with Crippen LogP contribution < -0.4 is 4.90 Å². The molecule has 1 nitrogen and oxygen atoms in total. The molecule has 0 amide bonds. The van der Waals surface area contributed by atoms with Crippen LogP contribution in [0.2, 0.25) is 0 Å². The van der Waals surface area contributed by atoms with E-state index >= 15 is 0 Å². The molecule has 0 fully saturated rings. The highest BCUT2D eigenvalue weighted by atomic mass is 15.2. The van der Waals surface area contributed by atoms with E-state index in [1.54, 1.807) is 0 Å². The molecular weight excluding hydrogens is 627 g/mol. The Balaban J connectivity index is 1.41. The van der Waals surface area contributed by atoms with E-state index in [1.165, 1.54) is 95.0 Å². The summed E-state index contributed by atoms with van der Waals surface area (Å²) < 4.78 is 0. The number of benzene rings is 7. The average molecular weight is 670 g/mol. The van der Waals surface area contributed by atoms with Gasteiger partial charge in [-0.3, -0.25) is 0 Å². The molecule has 0 radical (unpaired) electrons. The fourth-order valence-corrected chi connectivity index (χ4v) is 10.2. The molecule has 7 aromatic rings. The van der Waals surface area contributed by atoms with Gasteiger partial charge >= 0.3 is 0 Å². The summed E-state index contributed by atoms with van der Waals surface area (Å²) in [6, 6.07) is 56.9. The van der Waals surface area contributed by atoms with Crippen LogP contribution in [0.4, 0.5) is 17.1 Å². The van der Waals surface area contributed by atoms with E-state index in [1.807, 2.05) is 0 Å². The SMILES string of the molecule is CC1(C)c2ccccc2-c2c(N(c3ccccc3-c3ccccc3)c3c4c(cc5c3C(C)(C)c3ccccc3-5)-c3ccccc3C4(C)C)cccc21. The summed E-state index contributed by atoms with van der Waals surface area (Å²) in [5, 5.41) is 0. The summed E-state index contributed by atoms with van der Waals surface area (Å²) in [6.07, 6.45) is 0. The van der Waals surface area contributed by atoms with E-state index in [-0.39, 0.29) is 16.2 Å². The van der Waals surface area contributed by atoms with E-state index in [0.717, 1.165) is 0 Å². The second-order valence-electron chi connectivity index (χ2n) is 16.5. The van der Waals surface area contributed by atoms with Gasteiger partial charge in [-0.2, -0.15) is 0 Å². The molecule has 252 valence electrons. The summed E-state index contributed by atoms with van der Waals surface area (Å²) in [5.74, 6) is 0. The van der Waals surface area contributed by atoms with Gasteiger partial charge in [0.25, 0.3) is 0 Å². The lowest BCUT2D eigenvalue weighted by molar-refractivity contribution is 0.640. The molecule has 10 rings (SSSR count). The first-order valence-corrected chi connectivity index (χ1v) is 18.7. The molecule has 0 bridgehead atoms. The highest BCUT2D eigenvalue weighted by Crippen LogP contribution is 2.64. The molecule has 52 heavy (non-hydrogen) atoms. The third-order valence-corrected chi connectivity index (χ3v) is 12.6. The van der Waals surface area contributed by atoms with Gasteiger partial charge in [0.05, 0.1) is 17.1 Å². The summed E-state index contributed by atoms with van der Waals surface area (Å²) >= 11 is 0. The summed E-state index contributed by atoms with van der Waals surface area (Å²) in [6.45, 7) is 14.5. The predicted molar refractivity (Wildman–Crippen MR) is 219 cm³/mol. The molecule has 7 aromatic carbocycles. The van der Waals surface area contributed by atoms with Crippen molar-refractivity contribution in [3.63, 3.8) is 0 Å². The van der Waals surface area contributed by atoms with Gasteiger partial charge in [0.2, 0.25) is 0 Å². The van der Waals surface area contributed by atoms with Crippen molar-refractivity contribution in [3.05, 3.63) is 185 Å². The van der Waals surface area contributed by atoms with Crippen LogP contribution in [0.25, 0.3) is 44.5 Å². The first kappa shape index (κ1) is 31.1. The maximum Gasteiger partial charge on any atom is 0.0556 e. The van der Waals surface area contributed by atoms with E-state index < -0.39 is 0 Å². The van der Waals surface area contributed by atoms with Crippen LogP contribution in [0.15, 0.2) is 152 Å². The minimum absolute atomic E-state index is 0.127. The normalized spacial score (nSPS) is 16.0. The van der Waals surface area contributed by atoms with Gasteiger partial charge < -0.3 is 4.90 Å². The zero-order valence-corrected chi connectivity index (χ0v) is 30.9. The van der Waals surface area contributed by atoms with Crippen molar-refractivity contribution in [2.75, 3.05) is 4.90 Å². The van der Waals surface area contributed by atoms with Crippen molar-refractivity contribution in [2.24, 2.45) is 0 Å². The summed E-state index contributed by atoms with van der Waals surface area (Å²) in [4.78, 5) is 2.69. The molecule has 0 saturated carbocycles. The Bertz CT molecular complexity index is 2520. The second-order valence-corrected chi connectivity index (χ2v) is 16.5. The van der Waals surface area contributed by atoms with Gasteiger partial charge in [0.15, 0.2) is 0 Å². The Kier molecular flexibility index (Phi) is 6.39. The molecule has 0 aliphatic heterocycles. The minimum atomic E-state index is -0.240. The Morgan fingerprint density at radius 1 is 0.346 bits per heavy atom. The van der Waals surface area contributed by atoms with Crippen molar-refractivity contribution in [2.45, 2.75) is 57.8 Å². The van der Waals surface area contributed by atoms with Crippen molar-refractivity contribution in [1.29, 1.82) is 0 Å². The Labute approximate surface area is 308 Å². The zero-order chi connectivity index (χ0) is 35.6. The third-order valence-electron chi connectivity index (χ3n) is 12.6. The minimum Gasteiger partial charge on any atom is -0.309 e. The number of nitrogens with zero attached hydrogens (tertiary/aromatic N) is 1. The molecule has 0 unspecified atom stereocenters. The number of rotatable bonds is 4. The van der Waals surface area contributed by atoms with Gasteiger partial charge in [-0.1, -0.05) is 175 Å². The molecule has 0 N–H and O–H groups in total. The van der Waals surface area contributed by atoms with Gasteiger partial charge in [-0.15, -0.1) is 0 Å². The fraction of sp³-hybridized carbons (Fsp3) is 0.176. The molecular formula is C51H43N. The van der Waals surface area contributed by atoms with Gasteiger partial charge in [0.1, 0.15) is 0 Å². The maximum atomic E-state index is 2.69. The predicted octanol–water partition coefficient (Wildman–Crippen LogP) is 13.7. The number of hydrogen-bond donors (Lipinski definition) is 0. The van der Waals surface area contributed by atoms with E-state index in [0.29, 0.717) is 0 Å². The van der Waals surface area contributed by atoms with Crippen LogP contribution in [0, 0.1) is 0 Å². The first-order chi connectivity index (χ1) is 25.1. The van der Waals surface area contributed by atoms with Crippen LogP contribution in [0.1, 0.15) is 74.9 Å². The van der Waals surface area contributed by atoms with E-state index in [9.17, 15) is 0 Å². The monoisotopic (exact) mass is 669 g/mol.